The highest BCUT2D eigenvalue weighted by Gasteiger charge is 2.22. The van der Waals surface area contributed by atoms with Crippen molar-refractivity contribution < 1.29 is 0 Å². The molecule has 1 unspecified atom stereocenters. The van der Waals surface area contributed by atoms with Crippen LogP contribution in [0.4, 0.5) is 0 Å². The Morgan fingerprint density at radius 1 is 1.14 bits per heavy atom. The average Bonchev–Trinajstić information content (AvgIpc) is 2.97. The molecule has 0 bridgehead atoms. The second kappa shape index (κ2) is 7.95. The van der Waals surface area contributed by atoms with E-state index in [0.717, 1.165) is 6.54 Å². The summed E-state index contributed by atoms with van der Waals surface area (Å²) in [7, 11) is 0. The molecule has 2 heteroatoms. The minimum Gasteiger partial charge on any atom is -0.314 e. The van der Waals surface area contributed by atoms with Crippen molar-refractivity contribution in [2.45, 2.75) is 57.9 Å². The van der Waals surface area contributed by atoms with E-state index in [2.05, 4.69) is 61.3 Å². The lowest BCUT2D eigenvalue weighted by Gasteiger charge is -2.29. The zero-order chi connectivity index (χ0) is 15.1. The van der Waals surface area contributed by atoms with E-state index < -0.39 is 0 Å². The molecule has 0 aliphatic carbocycles. The summed E-state index contributed by atoms with van der Waals surface area (Å²) >= 11 is 0. The zero-order valence-corrected chi connectivity index (χ0v) is 14.1. The molecule has 1 heterocycles. The van der Waals surface area contributed by atoms with E-state index in [1.54, 1.807) is 0 Å². The molecular weight excluding hydrogens is 256 g/mol. The largest absolute Gasteiger partial charge is 0.314 e. The van der Waals surface area contributed by atoms with Crippen LogP contribution in [0.1, 0.15) is 52.0 Å². The van der Waals surface area contributed by atoms with Crippen molar-refractivity contribution in [1.82, 2.24) is 10.2 Å². The topological polar surface area (TPSA) is 15.3 Å². The molecule has 1 aliphatic rings. The van der Waals surface area contributed by atoms with Crippen molar-refractivity contribution in [3.8, 4) is 0 Å². The van der Waals surface area contributed by atoms with E-state index in [4.69, 9.17) is 0 Å². The van der Waals surface area contributed by atoms with Gasteiger partial charge in [0.05, 0.1) is 0 Å². The third kappa shape index (κ3) is 5.44. The fourth-order valence-corrected chi connectivity index (χ4v) is 3.50. The summed E-state index contributed by atoms with van der Waals surface area (Å²) in [5, 5.41) is 3.71. The molecule has 0 spiro atoms. The van der Waals surface area contributed by atoms with Gasteiger partial charge in [0.2, 0.25) is 0 Å². The molecule has 1 atom stereocenters. The highest BCUT2D eigenvalue weighted by Crippen LogP contribution is 2.28. The van der Waals surface area contributed by atoms with Crippen LogP contribution in [-0.4, -0.2) is 37.1 Å². The summed E-state index contributed by atoms with van der Waals surface area (Å²) in [6.07, 6.45) is 5.25. The van der Waals surface area contributed by atoms with Gasteiger partial charge >= 0.3 is 0 Å². The van der Waals surface area contributed by atoms with Gasteiger partial charge in [0, 0.05) is 6.04 Å². The Labute approximate surface area is 130 Å². The molecule has 1 saturated heterocycles. The highest BCUT2D eigenvalue weighted by atomic mass is 15.1. The van der Waals surface area contributed by atoms with Gasteiger partial charge in [-0.05, 0) is 69.8 Å². The lowest BCUT2D eigenvalue weighted by molar-refractivity contribution is 0.321. The fourth-order valence-electron chi connectivity index (χ4n) is 3.50. The summed E-state index contributed by atoms with van der Waals surface area (Å²) in [5.74, 6) is 0. The lowest BCUT2D eigenvalue weighted by Crippen LogP contribution is -2.35. The van der Waals surface area contributed by atoms with Crippen LogP contribution >= 0.6 is 0 Å². The van der Waals surface area contributed by atoms with Crippen LogP contribution in [0.15, 0.2) is 30.3 Å². The molecule has 0 amide bonds. The summed E-state index contributed by atoms with van der Waals surface area (Å²) in [4.78, 5) is 2.60. The molecule has 0 aromatic heterocycles. The van der Waals surface area contributed by atoms with Crippen LogP contribution in [0.3, 0.4) is 0 Å². The second-order valence-electron chi connectivity index (χ2n) is 7.21. The Bertz CT molecular complexity index is 393. The number of hydrogen-bond donors (Lipinski definition) is 1. The van der Waals surface area contributed by atoms with E-state index in [0.29, 0.717) is 6.04 Å². The van der Waals surface area contributed by atoms with Gasteiger partial charge in [-0.25, -0.2) is 0 Å². The van der Waals surface area contributed by atoms with Crippen LogP contribution in [0.25, 0.3) is 0 Å². The maximum atomic E-state index is 3.71. The smallest absolute Gasteiger partial charge is 0.00470 e. The minimum atomic E-state index is 0.239. The van der Waals surface area contributed by atoms with Crippen LogP contribution in [-0.2, 0) is 5.41 Å². The monoisotopic (exact) mass is 288 g/mol. The van der Waals surface area contributed by atoms with Crippen LogP contribution in [0, 0.1) is 0 Å². The Morgan fingerprint density at radius 2 is 1.81 bits per heavy atom. The Kier molecular flexibility index (Phi) is 6.25. The van der Waals surface area contributed by atoms with E-state index >= 15 is 0 Å². The molecule has 0 radical (unpaired) electrons. The first-order valence-electron chi connectivity index (χ1n) is 8.59. The summed E-state index contributed by atoms with van der Waals surface area (Å²) in [6, 6.07) is 11.5. The van der Waals surface area contributed by atoms with Gasteiger partial charge < -0.3 is 10.2 Å². The first kappa shape index (κ1) is 16.5. The molecular formula is C19H32N2. The first-order chi connectivity index (χ1) is 10.1. The number of likely N-dealkylation sites (tertiary alicyclic amines) is 1. The fraction of sp³-hybridized carbons (Fsp3) is 0.684. The Morgan fingerprint density at radius 3 is 2.48 bits per heavy atom. The molecule has 1 aromatic rings. The van der Waals surface area contributed by atoms with Crippen molar-refractivity contribution in [3.05, 3.63) is 35.9 Å². The minimum absolute atomic E-state index is 0.239. The lowest BCUT2D eigenvalue weighted by atomic mass is 9.79. The molecule has 21 heavy (non-hydrogen) atoms. The number of rotatable bonds is 8. The number of nitrogens with zero attached hydrogens (tertiary/aromatic N) is 1. The normalized spacial score (nSPS) is 18.0. The van der Waals surface area contributed by atoms with Crippen LogP contribution in [0.2, 0.25) is 0 Å². The number of nitrogens with one attached hydrogen (secondary N) is 1. The van der Waals surface area contributed by atoms with Gasteiger partial charge in [0.15, 0.2) is 0 Å². The van der Waals surface area contributed by atoms with Gasteiger partial charge in [-0.1, -0.05) is 44.2 Å². The molecule has 2 nitrogen and oxygen atoms in total. The summed E-state index contributed by atoms with van der Waals surface area (Å²) in [6.45, 7) is 12.1. The Balaban J connectivity index is 1.67. The first-order valence-corrected chi connectivity index (χ1v) is 8.59. The molecule has 1 aromatic carbocycles. The molecule has 0 saturated carbocycles. The van der Waals surface area contributed by atoms with Crippen molar-refractivity contribution in [2.24, 2.45) is 0 Å². The third-order valence-corrected chi connectivity index (χ3v) is 4.71. The van der Waals surface area contributed by atoms with Crippen molar-refractivity contribution in [3.63, 3.8) is 0 Å². The molecule has 118 valence electrons. The van der Waals surface area contributed by atoms with Gasteiger partial charge in [0.25, 0.3) is 0 Å². The second-order valence-corrected chi connectivity index (χ2v) is 7.21. The van der Waals surface area contributed by atoms with E-state index in [9.17, 15) is 0 Å². The molecule has 1 N–H and O–H groups in total. The summed E-state index contributed by atoms with van der Waals surface area (Å²) < 4.78 is 0. The maximum absolute atomic E-state index is 3.71. The predicted octanol–water partition coefficient (Wildman–Crippen LogP) is 3.82. The van der Waals surface area contributed by atoms with E-state index in [1.165, 1.54) is 50.9 Å². The van der Waals surface area contributed by atoms with Gasteiger partial charge in [0.1, 0.15) is 0 Å². The van der Waals surface area contributed by atoms with Gasteiger partial charge in [-0.2, -0.15) is 0 Å². The standard InChI is InChI=1S/C19H32N2/c1-17(20-12-9-15-21-13-7-8-14-21)16-19(2,3)18-10-5-4-6-11-18/h4-6,10-11,17,20H,7-9,12-16H2,1-3H3. The zero-order valence-electron chi connectivity index (χ0n) is 14.1. The third-order valence-electron chi connectivity index (χ3n) is 4.71. The molecule has 1 fully saturated rings. The van der Waals surface area contributed by atoms with Gasteiger partial charge in [-0.15, -0.1) is 0 Å². The predicted molar refractivity (Wildman–Crippen MR) is 91.8 cm³/mol. The van der Waals surface area contributed by atoms with Crippen molar-refractivity contribution >= 4 is 0 Å². The average molecular weight is 288 g/mol. The summed E-state index contributed by atoms with van der Waals surface area (Å²) in [5.41, 5.74) is 1.68. The highest BCUT2D eigenvalue weighted by molar-refractivity contribution is 5.23. The van der Waals surface area contributed by atoms with Crippen molar-refractivity contribution in [2.75, 3.05) is 26.2 Å². The van der Waals surface area contributed by atoms with Crippen LogP contribution < -0.4 is 5.32 Å². The van der Waals surface area contributed by atoms with Crippen molar-refractivity contribution in [1.29, 1.82) is 0 Å². The number of benzene rings is 1. The van der Waals surface area contributed by atoms with Gasteiger partial charge in [-0.3, -0.25) is 0 Å². The van der Waals surface area contributed by atoms with E-state index in [-0.39, 0.29) is 5.41 Å². The molecule has 2 rings (SSSR count). The SMILES string of the molecule is CC(CC(C)(C)c1ccccc1)NCCCN1CCCC1. The maximum Gasteiger partial charge on any atom is 0.00470 e. The quantitative estimate of drug-likeness (QED) is 0.732. The Hall–Kier alpha value is -0.860. The van der Waals surface area contributed by atoms with E-state index in [1.807, 2.05) is 0 Å². The van der Waals surface area contributed by atoms with Crippen LogP contribution in [0.5, 0.6) is 0 Å². The number of hydrogen-bond acceptors (Lipinski definition) is 2. The molecule has 1 aliphatic heterocycles.